The van der Waals surface area contributed by atoms with Gasteiger partial charge >= 0.3 is 0 Å². The van der Waals surface area contributed by atoms with Crippen molar-refractivity contribution in [3.63, 3.8) is 0 Å². The van der Waals surface area contributed by atoms with Crippen LogP contribution in [0.15, 0.2) is 84.0 Å². The maximum atomic E-state index is 13.2. The molecule has 1 atom stereocenters. The molecule has 32 heavy (non-hydrogen) atoms. The lowest BCUT2D eigenvalue weighted by Gasteiger charge is -2.16. The molecule has 0 aliphatic rings. The molecule has 1 amide bonds. The summed E-state index contributed by atoms with van der Waals surface area (Å²) < 4.78 is 10.4. The van der Waals surface area contributed by atoms with Gasteiger partial charge < -0.3 is 14.8 Å². The van der Waals surface area contributed by atoms with Gasteiger partial charge in [-0.1, -0.05) is 48.2 Å². The Labute approximate surface area is 190 Å². The van der Waals surface area contributed by atoms with Gasteiger partial charge in [-0.2, -0.15) is 0 Å². The number of methoxy groups -OCH3 is 2. The van der Waals surface area contributed by atoms with Crippen molar-refractivity contribution in [2.45, 2.75) is 10.4 Å². The molecule has 4 rings (SSSR count). The maximum absolute atomic E-state index is 13.2. The summed E-state index contributed by atoms with van der Waals surface area (Å²) in [6.07, 6.45) is 0. The van der Waals surface area contributed by atoms with E-state index in [1.54, 1.807) is 20.3 Å². The molecule has 8 heteroatoms. The van der Waals surface area contributed by atoms with Crippen LogP contribution < -0.4 is 14.8 Å². The molecule has 0 saturated heterocycles. The van der Waals surface area contributed by atoms with Crippen LogP contribution in [0.2, 0.25) is 0 Å². The fourth-order valence-electron chi connectivity index (χ4n) is 3.09. The summed E-state index contributed by atoms with van der Waals surface area (Å²) in [6, 6.07) is 24.3. The van der Waals surface area contributed by atoms with E-state index in [2.05, 4.69) is 20.5 Å². The predicted molar refractivity (Wildman–Crippen MR) is 125 cm³/mol. The first-order valence-corrected chi connectivity index (χ1v) is 10.8. The van der Waals surface area contributed by atoms with Crippen molar-refractivity contribution in [3.05, 3.63) is 84.4 Å². The molecule has 0 radical (unpaired) electrons. The first-order valence-electron chi connectivity index (χ1n) is 9.89. The Bertz CT molecular complexity index is 1180. The van der Waals surface area contributed by atoms with Gasteiger partial charge in [-0.05, 0) is 42.0 Å². The molecule has 0 bridgehead atoms. The third kappa shape index (κ3) is 5.09. The highest BCUT2D eigenvalue weighted by atomic mass is 32.2. The third-order valence-corrected chi connectivity index (χ3v) is 5.84. The fourth-order valence-corrected chi connectivity index (χ4v) is 4.00. The summed E-state index contributed by atoms with van der Waals surface area (Å²) in [5, 5.41) is 10.2. The second-order valence-corrected chi connectivity index (χ2v) is 7.90. The molecule has 0 aliphatic heterocycles. The standard InChI is InChI=1S/C24H22N4O3S/c1-30-19-13-11-17(12-14-19)22-26-24(28-27-22)32-21(16-7-4-3-5-8-16)23(29)25-18-9-6-10-20(15-18)31-2/h3-15,21H,1-2H3,(H,25,29)(H,26,27,28)/t21-/m1/s1. The third-order valence-electron chi connectivity index (χ3n) is 4.73. The summed E-state index contributed by atoms with van der Waals surface area (Å²) in [5.41, 5.74) is 2.39. The molecule has 4 aromatic rings. The van der Waals surface area contributed by atoms with E-state index in [1.165, 1.54) is 11.8 Å². The molecule has 162 valence electrons. The Morgan fingerprint density at radius 1 is 0.938 bits per heavy atom. The highest BCUT2D eigenvalue weighted by molar-refractivity contribution is 8.00. The summed E-state index contributed by atoms with van der Waals surface area (Å²) in [6.45, 7) is 0. The van der Waals surface area contributed by atoms with Gasteiger partial charge in [-0.15, -0.1) is 5.10 Å². The minimum atomic E-state index is -0.540. The number of thioether (sulfide) groups is 1. The monoisotopic (exact) mass is 446 g/mol. The lowest BCUT2D eigenvalue weighted by atomic mass is 10.1. The van der Waals surface area contributed by atoms with Crippen molar-refractivity contribution in [2.24, 2.45) is 0 Å². The Kier molecular flexibility index (Phi) is 6.72. The second kappa shape index (κ2) is 10.0. The van der Waals surface area contributed by atoms with E-state index >= 15 is 0 Å². The highest BCUT2D eigenvalue weighted by Gasteiger charge is 2.24. The van der Waals surface area contributed by atoms with Gasteiger partial charge in [0.15, 0.2) is 5.82 Å². The summed E-state index contributed by atoms with van der Waals surface area (Å²) in [4.78, 5) is 17.8. The van der Waals surface area contributed by atoms with Gasteiger partial charge in [0, 0.05) is 17.3 Å². The van der Waals surface area contributed by atoms with Gasteiger partial charge in [0.1, 0.15) is 16.7 Å². The van der Waals surface area contributed by atoms with E-state index in [0.29, 0.717) is 22.4 Å². The minimum Gasteiger partial charge on any atom is -0.497 e. The van der Waals surface area contributed by atoms with Crippen LogP contribution in [0.25, 0.3) is 11.4 Å². The normalized spacial score (nSPS) is 11.6. The molecule has 0 unspecified atom stereocenters. The van der Waals surface area contributed by atoms with Gasteiger partial charge in [-0.3, -0.25) is 9.89 Å². The largest absolute Gasteiger partial charge is 0.497 e. The zero-order valence-electron chi connectivity index (χ0n) is 17.6. The van der Waals surface area contributed by atoms with Crippen LogP contribution in [-0.4, -0.2) is 35.3 Å². The van der Waals surface area contributed by atoms with Crippen molar-refractivity contribution >= 4 is 23.4 Å². The molecule has 7 nitrogen and oxygen atoms in total. The van der Waals surface area contributed by atoms with E-state index in [4.69, 9.17) is 9.47 Å². The topological polar surface area (TPSA) is 89.1 Å². The van der Waals surface area contributed by atoms with Crippen molar-refractivity contribution in [2.75, 3.05) is 19.5 Å². The molecule has 0 aliphatic carbocycles. The molecule has 0 spiro atoms. The number of carbonyl (C=O) groups is 1. The number of ether oxygens (including phenoxy) is 2. The Morgan fingerprint density at radius 2 is 1.69 bits per heavy atom. The summed E-state index contributed by atoms with van der Waals surface area (Å²) >= 11 is 1.28. The fraction of sp³-hybridized carbons (Fsp3) is 0.125. The Hall–Kier alpha value is -3.78. The van der Waals surface area contributed by atoms with Crippen LogP contribution in [0, 0.1) is 0 Å². The first kappa shape index (κ1) is 21.5. The maximum Gasteiger partial charge on any atom is 0.242 e. The van der Waals surface area contributed by atoms with Gasteiger partial charge in [0.25, 0.3) is 0 Å². The highest BCUT2D eigenvalue weighted by Crippen LogP contribution is 2.35. The molecule has 0 fully saturated rings. The van der Waals surface area contributed by atoms with Crippen molar-refractivity contribution in [1.29, 1.82) is 0 Å². The zero-order chi connectivity index (χ0) is 22.3. The van der Waals surface area contributed by atoms with E-state index < -0.39 is 5.25 Å². The van der Waals surface area contributed by atoms with Gasteiger partial charge in [0.05, 0.1) is 14.2 Å². The molecule has 1 heterocycles. The van der Waals surface area contributed by atoms with Crippen molar-refractivity contribution in [1.82, 2.24) is 15.2 Å². The number of aromatic nitrogens is 3. The van der Waals surface area contributed by atoms with Crippen molar-refractivity contribution in [3.8, 4) is 22.9 Å². The Balaban J connectivity index is 1.56. The SMILES string of the molecule is COc1ccc(-c2nc(S[C@@H](C(=O)Nc3cccc(OC)c3)c3ccccc3)n[nH]2)cc1. The summed E-state index contributed by atoms with van der Waals surface area (Å²) in [7, 11) is 3.21. The lowest BCUT2D eigenvalue weighted by Crippen LogP contribution is -2.19. The minimum absolute atomic E-state index is 0.176. The number of rotatable bonds is 8. The molecule has 0 saturated carbocycles. The number of carbonyl (C=O) groups excluding carboxylic acids is 1. The van der Waals surface area contributed by atoms with E-state index in [-0.39, 0.29) is 5.91 Å². The number of benzene rings is 3. The van der Waals surface area contributed by atoms with E-state index in [9.17, 15) is 4.79 Å². The number of hydrogen-bond donors (Lipinski definition) is 2. The average molecular weight is 447 g/mol. The number of amides is 1. The molecule has 1 aromatic heterocycles. The molecular weight excluding hydrogens is 424 g/mol. The average Bonchev–Trinajstić information content (AvgIpc) is 3.32. The molecular formula is C24H22N4O3S. The van der Waals surface area contributed by atoms with Crippen LogP contribution in [0.1, 0.15) is 10.8 Å². The van der Waals surface area contributed by atoms with Crippen LogP contribution in [0.3, 0.4) is 0 Å². The molecule has 2 N–H and O–H groups in total. The zero-order valence-corrected chi connectivity index (χ0v) is 18.4. The van der Waals surface area contributed by atoms with Crippen LogP contribution in [0.4, 0.5) is 5.69 Å². The van der Waals surface area contributed by atoms with E-state index in [1.807, 2.05) is 72.8 Å². The Morgan fingerprint density at radius 3 is 2.41 bits per heavy atom. The van der Waals surface area contributed by atoms with Crippen LogP contribution in [-0.2, 0) is 4.79 Å². The predicted octanol–water partition coefficient (Wildman–Crippen LogP) is 4.96. The van der Waals surface area contributed by atoms with Crippen LogP contribution in [0.5, 0.6) is 11.5 Å². The first-order chi connectivity index (χ1) is 15.7. The van der Waals surface area contributed by atoms with Crippen molar-refractivity contribution < 1.29 is 14.3 Å². The second-order valence-electron chi connectivity index (χ2n) is 6.82. The quantitative estimate of drug-likeness (QED) is 0.372. The molecule has 3 aromatic carbocycles. The van der Waals surface area contributed by atoms with Gasteiger partial charge in [-0.25, -0.2) is 4.98 Å². The number of nitrogens with zero attached hydrogens (tertiary/aromatic N) is 2. The number of hydrogen-bond acceptors (Lipinski definition) is 6. The lowest BCUT2D eigenvalue weighted by molar-refractivity contribution is -0.115. The smallest absolute Gasteiger partial charge is 0.242 e. The van der Waals surface area contributed by atoms with Crippen LogP contribution >= 0.6 is 11.8 Å². The van der Waals surface area contributed by atoms with E-state index in [0.717, 1.165) is 16.9 Å². The number of nitrogens with one attached hydrogen (secondary N) is 2. The van der Waals surface area contributed by atoms with Gasteiger partial charge in [0.2, 0.25) is 11.1 Å². The number of H-pyrrole nitrogens is 1. The summed E-state index contributed by atoms with van der Waals surface area (Å²) in [5.74, 6) is 1.88. The number of aromatic amines is 1. The number of anilines is 1.